The van der Waals surface area contributed by atoms with Crippen LogP contribution in [0.15, 0.2) is 23.2 Å². The van der Waals surface area contributed by atoms with Gasteiger partial charge in [-0.05, 0) is 58.6 Å². The highest BCUT2D eigenvalue weighted by Gasteiger charge is 2.47. The van der Waals surface area contributed by atoms with Gasteiger partial charge in [0.1, 0.15) is 11.4 Å². The normalized spacial score (nSPS) is 28.8. The van der Waals surface area contributed by atoms with Crippen LogP contribution in [0.4, 0.5) is 0 Å². The summed E-state index contributed by atoms with van der Waals surface area (Å²) >= 11 is 0. The third-order valence-electron chi connectivity index (χ3n) is 6.20. The first-order valence-corrected chi connectivity index (χ1v) is 10.7. The number of carbonyl (C=O) groups is 2. The van der Waals surface area contributed by atoms with Gasteiger partial charge in [0.2, 0.25) is 11.8 Å². The lowest BCUT2D eigenvalue weighted by atomic mass is 9.89. The predicted molar refractivity (Wildman–Crippen MR) is 115 cm³/mol. The van der Waals surface area contributed by atoms with E-state index in [0.717, 1.165) is 23.3 Å². The first-order chi connectivity index (χ1) is 13.9. The van der Waals surface area contributed by atoms with E-state index in [9.17, 15) is 9.59 Å². The molecule has 1 saturated carbocycles. The number of nitrogens with zero attached hydrogens (tertiary/aromatic N) is 2. The maximum absolute atomic E-state index is 13.0. The fourth-order valence-electron chi connectivity index (χ4n) is 4.57. The van der Waals surface area contributed by atoms with E-state index in [4.69, 9.17) is 10.5 Å². The van der Waals surface area contributed by atoms with Crippen molar-refractivity contribution in [3.63, 3.8) is 0 Å². The number of aryl methyl sites for hydroxylation is 1. The van der Waals surface area contributed by atoms with Crippen molar-refractivity contribution in [3.05, 3.63) is 29.3 Å². The fraction of sp³-hybridized carbons (Fsp3) is 0.609. The number of carbonyl (C=O) groups excluding carboxylic acids is 2. The number of hydrogen-bond donors (Lipinski definition) is 2. The zero-order valence-corrected chi connectivity index (χ0v) is 18.5. The van der Waals surface area contributed by atoms with E-state index < -0.39 is 5.54 Å². The van der Waals surface area contributed by atoms with E-state index >= 15 is 0 Å². The number of rotatable bonds is 4. The molecule has 3 atom stereocenters. The van der Waals surface area contributed by atoms with Crippen LogP contribution in [0.3, 0.4) is 0 Å². The number of hydrogen-bond acceptors (Lipinski definition) is 5. The van der Waals surface area contributed by atoms with Crippen molar-refractivity contribution in [3.8, 4) is 5.75 Å². The minimum Gasteiger partial charge on any atom is -0.487 e. The second-order valence-corrected chi connectivity index (χ2v) is 10.2. The molecule has 1 unspecified atom stereocenters. The zero-order chi connectivity index (χ0) is 21.8. The van der Waals surface area contributed by atoms with Crippen LogP contribution in [-0.2, 0) is 9.59 Å². The molecule has 1 aliphatic carbocycles. The molecule has 2 aliphatic heterocycles. The molecule has 1 aromatic rings. The Balaban J connectivity index is 1.41. The van der Waals surface area contributed by atoms with Gasteiger partial charge in [0.05, 0.1) is 18.0 Å². The molecule has 3 aliphatic rings. The van der Waals surface area contributed by atoms with E-state index in [1.807, 2.05) is 52.8 Å². The molecule has 0 spiro atoms. The molecule has 0 radical (unpaired) electrons. The van der Waals surface area contributed by atoms with Gasteiger partial charge in [-0.15, -0.1) is 0 Å². The van der Waals surface area contributed by atoms with E-state index in [1.165, 1.54) is 0 Å². The maximum Gasteiger partial charge on any atom is 0.231 e. The van der Waals surface area contributed by atoms with Gasteiger partial charge in [-0.3, -0.25) is 14.5 Å². The van der Waals surface area contributed by atoms with Crippen molar-refractivity contribution < 1.29 is 14.3 Å². The van der Waals surface area contributed by atoms with Crippen molar-refractivity contribution in [1.82, 2.24) is 10.2 Å². The van der Waals surface area contributed by atoms with Crippen LogP contribution in [-0.4, -0.2) is 40.4 Å². The molecule has 4 rings (SSSR count). The Bertz CT molecular complexity index is 921. The van der Waals surface area contributed by atoms with Gasteiger partial charge in [0.15, 0.2) is 5.96 Å². The third kappa shape index (κ3) is 4.16. The third-order valence-corrected chi connectivity index (χ3v) is 6.20. The molecule has 162 valence electrons. The van der Waals surface area contributed by atoms with Gasteiger partial charge >= 0.3 is 0 Å². The highest BCUT2D eigenvalue weighted by Crippen LogP contribution is 2.43. The standard InChI is InChI=1S/C23H32N4O3/c1-13-6-7-15-17(10-23(4,5)30-18(15)8-13)25-20(29)16-9-14(16)12-27-19(28)11-22(2,3)26-21(27)24/h6-8,14,16-17H,9-12H2,1-5H3,(H2,24,26)(H,25,29)/t14-,16?,17+/m1/s1. The van der Waals surface area contributed by atoms with Crippen LogP contribution in [0.5, 0.6) is 5.75 Å². The summed E-state index contributed by atoms with van der Waals surface area (Å²) in [6.45, 7) is 10.4. The average Bonchev–Trinajstić information content (AvgIpc) is 3.35. The van der Waals surface area contributed by atoms with Crippen molar-refractivity contribution >= 4 is 17.8 Å². The second kappa shape index (κ2) is 7.00. The molecule has 0 saturated heterocycles. The van der Waals surface area contributed by atoms with E-state index in [0.29, 0.717) is 19.4 Å². The van der Waals surface area contributed by atoms with Crippen LogP contribution in [0.1, 0.15) is 64.1 Å². The summed E-state index contributed by atoms with van der Waals surface area (Å²) in [5.41, 5.74) is 7.38. The van der Waals surface area contributed by atoms with Crippen LogP contribution >= 0.6 is 0 Å². The molecule has 30 heavy (non-hydrogen) atoms. The number of benzene rings is 1. The summed E-state index contributed by atoms with van der Waals surface area (Å²) in [5, 5.41) is 3.23. The average molecular weight is 413 g/mol. The van der Waals surface area contributed by atoms with E-state index in [1.54, 1.807) is 4.90 Å². The lowest BCUT2D eigenvalue weighted by Gasteiger charge is -2.38. The fourth-order valence-corrected chi connectivity index (χ4v) is 4.57. The topological polar surface area (TPSA) is 97.0 Å². The summed E-state index contributed by atoms with van der Waals surface area (Å²) in [6, 6.07) is 6.04. The van der Waals surface area contributed by atoms with Crippen molar-refractivity contribution in [2.24, 2.45) is 22.6 Å². The number of guanidine groups is 1. The van der Waals surface area contributed by atoms with Crippen LogP contribution in [0, 0.1) is 18.8 Å². The smallest absolute Gasteiger partial charge is 0.231 e. The van der Waals surface area contributed by atoms with Crippen molar-refractivity contribution in [2.75, 3.05) is 6.54 Å². The molecule has 1 aromatic carbocycles. The van der Waals surface area contributed by atoms with Gasteiger partial charge in [-0.2, -0.15) is 0 Å². The number of nitrogens with one attached hydrogen (secondary N) is 1. The summed E-state index contributed by atoms with van der Waals surface area (Å²) in [5.74, 6) is 1.14. The Hall–Kier alpha value is -2.57. The Morgan fingerprint density at radius 3 is 2.77 bits per heavy atom. The quantitative estimate of drug-likeness (QED) is 0.794. The number of amides is 2. The summed E-state index contributed by atoms with van der Waals surface area (Å²) < 4.78 is 6.13. The lowest BCUT2D eigenvalue weighted by molar-refractivity contribution is -0.130. The number of aliphatic imine (C=N–C) groups is 1. The Morgan fingerprint density at radius 2 is 2.07 bits per heavy atom. The molecule has 2 amide bonds. The molecular weight excluding hydrogens is 380 g/mol. The molecule has 2 heterocycles. The van der Waals surface area contributed by atoms with Gasteiger partial charge in [0.25, 0.3) is 0 Å². The Kier molecular flexibility index (Phi) is 4.83. The highest BCUT2D eigenvalue weighted by molar-refractivity contribution is 5.99. The van der Waals surface area contributed by atoms with Crippen molar-refractivity contribution in [2.45, 2.75) is 71.1 Å². The molecule has 0 aromatic heterocycles. The molecular formula is C23H32N4O3. The summed E-state index contributed by atoms with van der Waals surface area (Å²) in [4.78, 5) is 31.4. The first kappa shape index (κ1) is 20.7. The van der Waals surface area contributed by atoms with Crippen LogP contribution in [0.2, 0.25) is 0 Å². The summed E-state index contributed by atoms with van der Waals surface area (Å²) in [7, 11) is 0. The zero-order valence-electron chi connectivity index (χ0n) is 18.5. The molecule has 1 fully saturated rings. The summed E-state index contributed by atoms with van der Waals surface area (Å²) in [6.07, 6.45) is 1.82. The minimum absolute atomic E-state index is 0.0194. The Labute approximate surface area is 178 Å². The van der Waals surface area contributed by atoms with Crippen molar-refractivity contribution in [1.29, 1.82) is 0 Å². The highest BCUT2D eigenvalue weighted by atomic mass is 16.5. The Morgan fingerprint density at radius 1 is 1.33 bits per heavy atom. The molecule has 7 heteroatoms. The van der Waals surface area contributed by atoms with E-state index in [2.05, 4.69) is 10.3 Å². The number of ether oxygens (including phenoxy) is 1. The van der Waals surface area contributed by atoms with Gasteiger partial charge in [-0.25, -0.2) is 4.99 Å². The van der Waals surface area contributed by atoms with Gasteiger partial charge in [-0.1, -0.05) is 12.1 Å². The molecule has 3 N–H and O–H groups in total. The van der Waals surface area contributed by atoms with Gasteiger partial charge in [0, 0.05) is 24.4 Å². The molecule has 7 nitrogen and oxygen atoms in total. The first-order valence-electron chi connectivity index (χ1n) is 10.7. The van der Waals surface area contributed by atoms with Gasteiger partial charge < -0.3 is 15.8 Å². The lowest BCUT2D eigenvalue weighted by Crippen LogP contribution is -2.50. The number of fused-ring (bicyclic) bond motifs is 1. The SMILES string of the molecule is Cc1ccc2c(c1)OC(C)(C)C[C@@H]2NC(=O)C1C[C@@H]1CN1C(=O)CC(C)(C)N=C1N. The minimum atomic E-state index is -0.459. The largest absolute Gasteiger partial charge is 0.487 e. The number of nitrogens with two attached hydrogens (primary N) is 1. The monoisotopic (exact) mass is 412 g/mol. The van der Waals surface area contributed by atoms with Crippen LogP contribution in [0.25, 0.3) is 0 Å². The maximum atomic E-state index is 13.0. The van der Waals surface area contributed by atoms with E-state index in [-0.39, 0.29) is 41.3 Å². The molecule has 0 bridgehead atoms. The second-order valence-electron chi connectivity index (χ2n) is 10.2. The van der Waals surface area contributed by atoms with Crippen LogP contribution < -0.4 is 15.8 Å². The predicted octanol–water partition coefficient (Wildman–Crippen LogP) is 2.68.